The Morgan fingerprint density at radius 1 is 1.19 bits per heavy atom. The van der Waals surface area contributed by atoms with Crippen LogP contribution in [0.3, 0.4) is 0 Å². The summed E-state index contributed by atoms with van der Waals surface area (Å²) in [5.41, 5.74) is 7.86. The molecule has 1 aromatic heterocycles. The van der Waals surface area contributed by atoms with Crippen LogP contribution in [0, 0.1) is 13.8 Å². The zero-order valence-electron chi connectivity index (χ0n) is 15.7. The van der Waals surface area contributed by atoms with Crippen molar-refractivity contribution in [2.24, 2.45) is 5.73 Å². The molecule has 0 radical (unpaired) electrons. The van der Waals surface area contributed by atoms with E-state index in [-0.39, 0.29) is 30.3 Å². The lowest BCUT2D eigenvalue weighted by Crippen LogP contribution is -2.46. The molecule has 1 aromatic carbocycles. The average molecular weight is 392 g/mol. The minimum absolute atomic E-state index is 0. The van der Waals surface area contributed by atoms with Crippen LogP contribution in [0.1, 0.15) is 50.6 Å². The van der Waals surface area contributed by atoms with Crippen LogP contribution >= 0.6 is 12.4 Å². The average Bonchev–Trinajstić information content (AvgIpc) is 3.00. The van der Waals surface area contributed by atoms with Gasteiger partial charge in [0, 0.05) is 31.2 Å². The van der Waals surface area contributed by atoms with Gasteiger partial charge in [0.25, 0.3) is 11.8 Å². The number of nitrogens with two attached hydrogens (primary N) is 1. The van der Waals surface area contributed by atoms with Crippen molar-refractivity contribution in [2.45, 2.75) is 39.3 Å². The molecule has 1 saturated heterocycles. The van der Waals surface area contributed by atoms with Crippen LogP contribution in [0.25, 0.3) is 0 Å². The van der Waals surface area contributed by atoms with Crippen molar-refractivity contribution in [3.8, 4) is 0 Å². The van der Waals surface area contributed by atoms with Crippen LogP contribution in [0.5, 0.6) is 0 Å². The summed E-state index contributed by atoms with van der Waals surface area (Å²) in [4.78, 5) is 26.8. The highest BCUT2D eigenvalue weighted by molar-refractivity contribution is 5.96. The van der Waals surface area contributed by atoms with Gasteiger partial charge in [-0.25, -0.2) is 0 Å². The third-order valence-corrected chi connectivity index (χ3v) is 4.84. The van der Waals surface area contributed by atoms with E-state index in [4.69, 9.17) is 10.2 Å². The lowest BCUT2D eigenvalue weighted by atomic mass is 10.0. The van der Waals surface area contributed by atoms with Crippen LogP contribution in [0.2, 0.25) is 0 Å². The quantitative estimate of drug-likeness (QED) is 0.838. The van der Waals surface area contributed by atoms with E-state index in [2.05, 4.69) is 5.32 Å². The van der Waals surface area contributed by atoms with Crippen molar-refractivity contribution in [2.75, 3.05) is 13.1 Å². The molecule has 2 heterocycles. The van der Waals surface area contributed by atoms with Gasteiger partial charge in [0.15, 0.2) is 0 Å². The van der Waals surface area contributed by atoms with Crippen LogP contribution < -0.4 is 11.1 Å². The van der Waals surface area contributed by atoms with E-state index in [9.17, 15) is 9.59 Å². The lowest BCUT2D eigenvalue weighted by molar-refractivity contribution is 0.0698. The molecule has 3 rings (SSSR count). The summed E-state index contributed by atoms with van der Waals surface area (Å²) in [5, 5.41) is 3.05. The molecule has 1 aliphatic rings. The van der Waals surface area contributed by atoms with Gasteiger partial charge >= 0.3 is 0 Å². The topological polar surface area (TPSA) is 88.6 Å². The number of amides is 2. The maximum atomic E-state index is 12.6. The van der Waals surface area contributed by atoms with Gasteiger partial charge in [-0.2, -0.15) is 0 Å². The molecule has 7 heteroatoms. The highest BCUT2D eigenvalue weighted by Crippen LogP contribution is 2.17. The molecule has 1 aliphatic heterocycles. The SMILES string of the molecule is Cc1cc(C(=O)NC2CCN(C(=O)c3ccc(CN)cc3)CC2)c(C)o1.Cl. The molecule has 0 saturated carbocycles. The van der Waals surface area contributed by atoms with Gasteiger partial charge in [-0.15, -0.1) is 12.4 Å². The highest BCUT2D eigenvalue weighted by Gasteiger charge is 2.25. The second-order valence-electron chi connectivity index (χ2n) is 6.77. The zero-order valence-corrected chi connectivity index (χ0v) is 16.5. The number of carbonyl (C=O) groups is 2. The second-order valence-corrected chi connectivity index (χ2v) is 6.77. The van der Waals surface area contributed by atoms with E-state index >= 15 is 0 Å². The van der Waals surface area contributed by atoms with Crippen molar-refractivity contribution in [3.63, 3.8) is 0 Å². The van der Waals surface area contributed by atoms with Crippen molar-refractivity contribution >= 4 is 24.2 Å². The second kappa shape index (κ2) is 9.06. The van der Waals surface area contributed by atoms with E-state index in [1.165, 1.54) is 0 Å². The summed E-state index contributed by atoms with van der Waals surface area (Å²) < 4.78 is 5.42. The standard InChI is InChI=1S/C20H25N3O3.ClH/c1-13-11-18(14(2)26-13)19(24)22-17-7-9-23(10-8-17)20(25)16-5-3-15(12-21)4-6-16;/h3-6,11,17H,7-10,12,21H2,1-2H3,(H,22,24);1H. The molecule has 6 nitrogen and oxygen atoms in total. The van der Waals surface area contributed by atoms with Crippen LogP contribution in [-0.2, 0) is 6.54 Å². The molecule has 2 aromatic rings. The summed E-state index contributed by atoms with van der Waals surface area (Å²) in [5.74, 6) is 1.28. The molecule has 0 bridgehead atoms. The number of halogens is 1. The first kappa shape index (κ1) is 21.0. The molecule has 0 spiro atoms. The van der Waals surface area contributed by atoms with Gasteiger partial charge in [-0.1, -0.05) is 12.1 Å². The summed E-state index contributed by atoms with van der Waals surface area (Å²) in [6.45, 7) is 5.35. The Labute approximate surface area is 165 Å². The lowest BCUT2D eigenvalue weighted by Gasteiger charge is -2.32. The van der Waals surface area contributed by atoms with Crippen LogP contribution in [0.15, 0.2) is 34.7 Å². The molecule has 27 heavy (non-hydrogen) atoms. The number of likely N-dealkylation sites (tertiary alicyclic amines) is 1. The molecule has 1 fully saturated rings. The smallest absolute Gasteiger partial charge is 0.255 e. The number of carbonyl (C=O) groups excluding carboxylic acids is 2. The van der Waals surface area contributed by atoms with Gasteiger partial charge in [0.05, 0.1) is 5.56 Å². The molecule has 3 N–H and O–H groups in total. The Morgan fingerprint density at radius 3 is 2.33 bits per heavy atom. The van der Waals surface area contributed by atoms with Gasteiger partial charge in [-0.05, 0) is 50.5 Å². The monoisotopic (exact) mass is 391 g/mol. The first-order chi connectivity index (χ1) is 12.5. The summed E-state index contributed by atoms with van der Waals surface area (Å²) in [6.07, 6.45) is 1.49. The van der Waals surface area contributed by atoms with Crippen molar-refractivity contribution in [1.82, 2.24) is 10.2 Å². The largest absolute Gasteiger partial charge is 0.466 e. The van der Waals surface area contributed by atoms with E-state index in [1.54, 1.807) is 13.0 Å². The molecule has 0 aliphatic carbocycles. The number of nitrogens with one attached hydrogen (secondary N) is 1. The van der Waals surface area contributed by atoms with Gasteiger partial charge in [-0.3, -0.25) is 9.59 Å². The molecular formula is C20H26ClN3O3. The number of piperidine rings is 1. The minimum atomic E-state index is -0.110. The number of furan rings is 1. The summed E-state index contributed by atoms with van der Waals surface area (Å²) in [6, 6.07) is 9.24. The van der Waals surface area contributed by atoms with Crippen molar-refractivity contribution < 1.29 is 14.0 Å². The predicted octanol–water partition coefficient (Wildman–Crippen LogP) is 2.81. The highest BCUT2D eigenvalue weighted by atomic mass is 35.5. The first-order valence-electron chi connectivity index (χ1n) is 8.94. The van der Waals surface area contributed by atoms with Crippen molar-refractivity contribution in [3.05, 3.63) is 58.5 Å². The Morgan fingerprint density at radius 2 is 1.81 bits per heavy atom. The number of hydrogen-bond acceptors (Lipinski definition) is 4. The maximum absolute atomic E-state index is 12.6. The number of hydrogen-bond donors (Lipinski definition) is 2. The number of benzene rings is 1. The third-order valence-electron chi connectivity index (χ3n) is 4.84. The third kappa shape index (κ3) is 4.90. The zero-order chi connectivity index (χ0) is 18.7. The van der Waals surface area contributed by atoms with Gasteiger partial charge in [0.1, 0.15) is 11.5 Å². The first-order valence-corrected chi connectivity index (χ1v) is 8.94. The maximum Gasteiger partial charge on any atom is 0.255 e. The Bertz CT molecular complexity index is 793. The normalized spacial score (nSPS) is 14.6. The van der Waals surface area contributed by atoms with Crippen LogP contribution in [-0.4, -0.2) is 35.8 Å². The molecule has 0 unspecified atom stereocenters. The molecule has 146 valence electrons. The van der Waals surface area contributed by atoms with E-state index in [1.807, 2.05) is 36.1 Å². The van der Waals surface area contributed by atoms with E-state index < -0.39 is 0 Å². The summed E-state index contributed by atoms with van der Waals surface area (Å²) in [7, 11) is 0. The van der Waals surface area contributed by atoms with Gasteiger partial charge in [0.2, 0.25) is 0 Å². The minimum Gasteiger partial charge on any atom is -0.466 e. The molecule has 2 amide bonds. The van der Waals surface area contributed by atoms with Crippen LogP contribution in [0.4, 0.5) is 0 Å². The molecule has 0 atom stereocenters. The Hall–Kier alpha value is -2.31. The van der Waals surface area contributed by atoms with Crippen molar-refractivity contribution in [1.29, 1.82) is 0 Å². The number of aryl methyl sites for hydroxylation is 2. The van der Waals surface area contributed by atoms with E-state index in [0.29, 0.717) is 36.5 Å². The number of rotatable bonds is 4. The predicted molar refractivity (Wildman–Crippen MR) is 106 cm³/mol. The fraction of sp³-hybridized carbons (Fsp3) is 0.400. The van der Waals surface area contributed by atoms with E-state index in [0.717, 1.165) is 24.2 Å². The fourth-order valence-corrected chi connectivity index (χ4v) is 3.31. The Balaban J connectivity index is 0.00000261. The summed E-state index contributed by atoms with van der Waals surface area (Å²) >= 11 is 0. The molecular weight excluding hydrogens is 366 g/mol. The van der Waals surface area contributed by atoms with Gasteiger partial charge < -0.3 is 20.4 Å². The Kier molecular flexibility index (Phi) is 7.05. The number of nitrogens with zero attached hydrogens (tertiary/aromatic N) is 1. The fourth-order valence-electron chi connectivity index (χ4n) is 3.31.